The van der Waals surface area contributed by atoms with Crippen molar-refractivity contribution in [3.8, 4) is 0 Å². The van der Waals surface area contributed by atoms with Crippen LogP contribution in [0, 0.1) is 0 Å². The van der Waals surface area contributed by atoms with E-state index in [0.717, 1.165) is 13.1 Å². The van der Waals surface area contributed by atoms with Crippen molar-refractivity contribution in [2.24, 2.45) is 0 Å². The van der Waals surface area contributed by atoms with Crippen molar-refractivity contribution in [2.75, 3.05) is 6.54 Å². The molecular formula is C16H31N3S. The van der Waals surface area contributed by atoms with Gasteiger partial charge in [-0.1, -0.05) is 34.1 Å². The average molecular weight is 298 g/mol. The van der Waals surface area contributed by atoms with Crippen LogP contribution in [0.25, 0.3) is 0 Å². The van der Waals surface area contributed by atoms with Gasteiger partial charge in [-0.15, -0.1) is 11.3 Å². The number of nitrogens with zero attached hydrogens (tertiary/aromatic N) is 2. The second kappa shape index (κ2) is 9.48. The molecule has 1 rings (SSSR count). The van der Waals surface area contributed by atoms with E-state index in [1.165, 1.54) is 36.5 Å². The first-order valence-electron chi connectivity index (χ1n) is 7.97. The fourth-order valence-corrected chi connectivity index (χ4v) is 2.81. The summed E-state index contributed by atoms with van der Waals surface area (Å²) in [5.41, 5.74) is 1.23. The second-order valence-corrected chi connectivity index (χ2v) is 6.79. The van der Waals surface area contributed by atoms with Crippen LogP contribution in [0.1, 0.15) is 64.6 Å². The van der Waals surface area contributed by atoms with Crippen molar-refractivity contribution in [1.29, 1.82) is 0 Å². The Balaban J connectivity index is 2.54. The molecule has 4 heteroatoms. The number of hydrogen-bond acceptors (Lipinski definition) is 4. The van der Waals surface area contributed by atoms with Crippen molar-refractivity contribution in [1.82, 2.24) is 15.2 Å². The molecule has 0 amide bonds. The first-order chi connectivity index (χ1) is 9.56. The van der Waals surface area contributed by atoms with Gasteiger partial charge < -0.3 is 5.32 Å². The topological polar surface area (TPSA) is 28.2 Å². The minimum atomic E-state index is 0.517. The molecule has 0 radical (unpaired) electrons. The third-order valence-corrected chi connectivity index (χ3v) is 4.54. The number of nitrogens with one attached hydrogen (secondary N) is 1. The first kappa shape index (κ1) is 17.6. The van der Waals surface area contributed by atoms with Gasteiger partial charge in [0.25, 0.3) is 0 Å². The molecule has 0 saturated heterocycles. The Labute approximate surface area is 128 Å². The van der Waals surface area contributed by atoms with E-state index in [0.29, 0.717) is 12.1 Å². The summed E-state index contributed by atoms with van der Waals surface area (Å²) in [6.07, 6.45) is 3.74. The van der Waals surface area contributed by atoms with E-state index >= 15 is 0 Å². The molecule has 116 valence electrons. The Morgan fingerprint density at radius 2 is 2.05 bits per heavy atom. The van der Waals surface area contributed by atoms with E-state index in [9.17, 15) is 0 Å². The van der Waals surface area contributed by atoms with Gasteiger partial charge in [-0.05, 0) is 26.3 Å². The highest BCUT2D eigenvalue weighted by Crippen LogP contribution is 2.15. The predicted octanol–water partition coefficient (Wildman–Crippen LogP) is 4.04. The molecule has 0 aliphatic rings. The Hall–Kier alpha value is -0.450. The number of rotatable bonds is 10. The largest absolute Gasteiger partial charge is 0.308 e. The summed E-state index contributed by atoms with van der Waals surface area (Å²) in [6.45, 7) is 14.3. The summed E-state index contributed by atoms with van der Waals surface area (Å²) in [7, 11) is 0. The Morgan fingerprint density at radius 1 is 1.30 bits per heavy atom. The summed E-state index contributed by atoms with van der Waals surface area (Å²) < 4.78 is 0. The van der Waals surface area contributed by atoms with Gasteiger partial charge in [0.1, 0.15) is 5.01 Å². The normalized spacial score (nSPS) is 13.3. The molecule has 0 aliphatic carbocycles. The molecular weight excluding hydrogens is 266 g/mol. The average Bonchev–Trinajstić information content (AvgIpc) is 2.88. The summed E-state index contributed by atoms with van der Waals surface area (Å²) in [5, 5.41) is 6.85. The second-order valence-electron chi connectivity index (χ2n) is 5.85. The van der Waals surface area contributed by atoms with Gasteiger partial charge in [0.2, 0.25) is 0 Å². The third kappa shape index (κ3) is 6.33. The number of hydrogen-bond donors (Lipinski definition) is 1. The number of aromatic nitrogens is 1. The van der Waals surface area contributed by atoms with Gasteiger partial charge in [0.05, 0.1) is 5.69 Å². The molecule has 1 aromatic rings. The highest BCUT2D eigenvalue weighted by atomic mass is 32.1. The van der Waals surface area contributed by atoms with E-state index in [1.807, 2.05) is 0 Å². The smallest absolute Gasteiger partial charge is 0.107 e. The molecule has 3 nitrogen and oxygen atoms in total. The van der Waals surface area contributed by atoms with Gasteiger partial charge in [-0.3, -0.25) is 4.90 Å². The van der Waals surface area contributed by atoms with Crippen LogP contribution in [0.2, 0.25) is 0 Å². The van der Waals surface area contributed by atoms with E-state index in [-0.39, 0.29) is 0 Å². The summed E-state index contributed by atoms with van der Waals surface area (Å²) >= 11 is 1.78. The maximum atomic E-state index is 4.76. The maximum Gasteiger partial charge on any atom is 0.107 e. The first-order valence-corrected chi connectivity index (χ1v) is 8.85. The molecule has 0 fully saturated rings. The van der Waals surface area contributed by atoms with Crippen LogP contribution < -0.4 is 5.32 Å². The van der Waals surface area contributed by atoms with Gasteiger partial charge >= 0.3 is 0 Å². The zero-order chi connectivity index (χ0) is 15.0. The molecule has 0 saturated carbocycles. The van der Waals surface area contributed by atoms with Crippen LogP contribution in [0.15, 0.2) is 5.38 Å². The van der Waals surface area contributed by atoms with Crippen molar-refractivity contribution in [3.63, 3.8) is 0 Å². The lowest BCUT2D eigenvalue weighted by atomic mass is 10.2. The van der Waals surface area contributed by atoms with Crippen molar-refractivity contribution < 1.29 is 0 Å². The van der Waals surface area contributed by atoms with E-state index < -0.39 is 0 Å². The highest BCUT2D eigenvalue weighted by molar-refractivity contribution is 7.09. The van der Waals surface area contributed by atoms with Gasteiger partial charge in [0.15, 0.2) is 0 Å². The predicted molar refractivity (Wildman–Crippen MR) is 89.2 cm³/mol. The monoisotopic (exact) mass is 297 g/mol. The van der Waals surface area contributed by atoms with Crippen molar-refractivity contribution in [2.45, 2.75) is 79.1 Å². The summed E-state index contributed by atoms with van der Waals surface area (Å²) in [4.78, 5) is 7.33. The van der Waals surface area contributed by atoms with Crippen molar-refractivity contribution >= 4 is 11.3 Å². The van der Waals surface area contributed by atoms with Gasteiger partial charge in [-0.25, -0.2) is 4.98 Å². The molecule has 1 aromatic heterocycles. The Kier molecular flexibility index (Phi) is 8.34. The minimum Gasteiger partial charge on any atom is -0.308 e. The van der Waals surface area contributed by atoms with Crippen LogP contribution in [0.5, 0.6) is 0 Å². The Bertz CT molecular complexity index is 362. The van der Waals surface area contributed by atoms with Gasteiger partial charge in [0, 0.05) is 30.6 Å². The van der Waals surface area contributed by atoms with Crippen LogP contribution in [-0.2, 0) is 13.1 Å². The molecule has 1 atom stereocenters. The molecule has 1 heterocycles. The molecule has 20 heavy (non-hydrogen) atoms. The quantitative estimate of drug-likeness (QED) is 0.706. The van der Waals surface area contributed by atoms with Crippen LogP contribution in [0.4, 0.5) is 0 Å². The van der Waals surface area contributed by atoms with Crippen molar-refractivity contribution in [3.05, 3.63) is 16.1 Å². The lowest BCUT2D eigenvalue weighted by Gasteiger charge is -2.27. The van der Waals surface area contributed by atoms with E-state index in [1.54, 1.807) is 11.3 Å². The minimum absolute atomic E-state index is 0.517. The third-order valence-electron chi connectivity index (χ3n) is 3.64. The fraction of sp³-hybridized carbons (Fsp3) is 0.812. The standard InChI is InChI=1S/C16H31N3S/c1-6-8-9-19(14(5)7-2)11-15-12-20-16(18-15)10-17-13(3)4/h12-14,17H,6-11H2,1-5H3. The summed E-state index contributed by atoms with van der Waals surface area (Å²) in [6, 6.07) is 1.16. The van der Waals surface area contributed by atoms with Crippen LogP contribution in [0.3, 0.4) is 0 Å². The van der Waals surface area contributed by atoms with E-state index in [4.69, 9.17) is 4.98 Å². The van der Waals surface area contributed by atoms with E-state index in [2.05, 4.69) is 50.2 Å². The SMILES string of the molecule is CCCCN(Cc1csc(CNC(C)C)n1)C(C)CC. The molecule has 0 aliphatic heterocycles. The zero-order valence-corrected chi connectivity index (χ0v) is 14.6. The number of thiazole rings is 1. The molecule has 1 unspecified atom stereocenters. The van der Waals surface area contributed by atoms with Crippen LogP contribution >= 0.6 is 11.3 Å². The maximum absolute atomic E-state index is 4.76. The zero-order valence-electron chi connectivity index (χ0n) is 13.8. The molecule has 0 bridgehead atoms. The molecule has 1 N–H and O–H groups in total. The number of unbranched alkanes of at least 4 members (excludes halogenated alkanes) is 1. The molecule has 0 aromatic carbocycles. The Morgan fingerprint density at radius 3 is 2.65 bits per heavy atom. The lowest BCUT2D eigenvalue weighted by molar-refractivity contribution is 0.190. The van der Waals surface area contributed by atoms with Gasteiger partial charge in [-0.2, -0.15) is 0 Å². The molecule has 0 spiro atoms. The summed E-state index contributed by atoms with van der Waals surface area (Å²) in [5.74, 6) is 0. The lowest BCUT2D eigenvalue weighted by Crippen LogP contribution is -2.33. The van der Waals surface area contributed by atoms with Crippen LogP contribution in [-0.4, -0.2) is 28.5 Å². The highest BCUT2D eigenvalue weighted by Gasteiger charge is 2.14. The fourth-order valence-electron chi connectivity index (χ4n) is 2.08.